The van der Waals surface area contributed by atoms with Gasteiger partial charge in [-0.15, -0.1) is 0 Å². The van der Waals surface area contributed by atoms with Gasteiger partial charge in [0.2, 0.25) is 0 Å². The van der Waals surface area contributed by atoms with Crippen molar-refractivity contribution in [2.75, 3.05) is 30.0 Å². The maximum Gasteiger partial charge on any atom is 0.123 e. The number of rotatable bonds is 6. The minimum atomic E-state index is 0.737. The minimum Gasteiger partial charge on any atom is -0.493 e. The molecule has 3 nitrogen and oxygen atoms in total. The molecule has 0 spiro atoms. The van der Waals surface area contributed by atoms with Crippen LogP contribution in [0.3, 0.4) is 0 Å². The van der Waals surface area contributed by atoms with Crippen molar-refractivity contribution in [3.63, 3.8) is 0 Å². The molecule has 1 atom stereocenters. The van der Waals surface area contributed by atoms with Crippen molar-refractivity contribution in [3.8, 4) is 5.75 Å². The summed E-state index contributed by atoms with van der Waals surface area (Å²) in [6.45, 7) is 3.85. The van der Waals surface area contributed by atoms with E-state index >= 15 is 0 Å². The van der Waals surface area contributed by atoms with Crippen molar-refractivity contribution in [1.82, 2.24) is 0 Å². The summed E-state index contributed by atoms with van der Waals surface area (Å²) in [5.74, 6) is 2.16. The Labute approximate surface area is 113 Å². The van der Waals surface area contributed by atoms with Crippen molar-refractivity contribution in [2.45, 2.75) is 31.4 Å². The summed E-state index contributed by atoms with van der Waals surface area (Å²) < 4.78 is 5.62. The van der Waals surface area contributed by atoms with Gasteiger partial charge in [-0.1, -0.05) is 6.92 Å². The lowest BCUT2D eigenvalue weighted by molar-refractivity contribution is 0.318. The second-order valence-electron chi connectivity index (χ2n) is 4.66. The fourth-order valence-electron chi connectivity index (χ4n) is 2.06. The highest BCUT2D eigenvalue weighted by atomic mass is 32.2. The zero-order valence-corrected chi connectivity index (χ0v) is 11.8. The molecule has 0 bridgehead atoms. The zero-order valence-electron chi connectivity index (χ0n) is 10.9. The molecular formula is C14H22N2OS. The summed E-state index contributed by atoms with van der Waals surface area (Å²) in [5, 5.41) is 4.21. The molecule has 1 aliphatic rings. The molecule has 1 aliphatic heterocycles. The molecule has 1 heterocycles. The summed E-state index contributed by atoms with van der Waals surface area (Å²) in [7, 11) is 0. The number of hydrogen-bond acceptors (Lipinski definition) is 4. The Bertz CT molecular complexity index is 378. The number of nitrogens with two attached hydrogens (primary N) is 1. The van der Waals surface area contributed by atoms with Crippen LogP contribution in [0.4, 0.5) is 11.4 Å². The van der Waals surface area contributed by atoms with E-state index < -0.39 is 0 Å². The third-order valence-corrected chi connectivity index (χ3v) is 4.36. The van der Waals surface area contributed by atoms with Gasteiger partial charge in [0, 0.05) is 35.3 Å². The van der Waals surface area contributed by atoms with Crippen LogP contribution in [0.5, 0.6) is 5.75 Å². The van der Waals surface area contributed by atoms with Gasteiger partial charge in [0.05, 0.1) is 6.61 Å². The fourth-order valence-corrected chi connectivity index (χ4v) is 3.27. The highest BCUT2D eigenvalue weighted by Gasteiger charge is 2.15. The number of benzene rings is 1. The van der Waals surface area contributed by atoms with Gasteiger partial charge in [0.1, 0.15) is 5.75 Å². The van der Waals surface area contributed by atoms with Crippen LogP contribution in [0, 0.1) is 0 Å². The van der Waals surface area contributed by atoms with E-state index in [4.69, 9.17) is 10.5 Å². The van der Waals surface area contributed by atoms with Crippen LogP contribution in [0.25, 0.3) is 0 Å². The lowest BCUT2D eigenvalue weighted by Crippen LogP contribution is -2.13. The van der Waals surface area contributed by atoms with E-state index in [0.29, 0.717) is 0 Å². The number of ether oxygens (including phenoxy) is 1. The van der Waals surface area contributed by atoms with E-state index in [9.17, 15) is 0 Å². The molecule has 3 N–H and O–H groups in total. The van der Waals surface area contributed by atoms with Crippen molar-refractivity contribution in [1.29, 1.82) is 0 Å². The first kappa shape index (κ1) is 13.4. The maximum atomic E-state index is 5.89. The van der Waals surface area contributed by atoms with E-state index in [0.717, 1.165) is 41.9 Å². The highest BCUT2D eigenvalue weighted by molar-refractivity contribution is 8.00. The third-order valence-electron chi connectivity index (χ3n) is 2.96. The molecule has 4 heteroatoms. The Balaban J connectivity index is 1.91. The number of hydrogen-bond donors (Lipinski definition) is 2. The van der Waals surface area contributed by atoms with E-state index in [1.54, 1.807) is 0 Å². The molecule has 100 valence electrons. The van der Waals surface area contributed by atoms with Gasteiger partial charge < -0.3 is 15.8 Å². The van der Waals surface area contributed by atoms with Gasteiger partial charge in [-0.25, -0.2) is 0 Å². The second kappa shape index (κ2) is 6.78. The van der Waals surface area contributed by atoms with Crippen LogP contribution in [0.1, 0.15) is 26.2 Å². The molecule has 0 saturated carbocycles. The zero-order chi connectivity index (χ0) is 12.8. The molecule has 1 aromatic carbocycles. The second-order valence-corrected chi connectivity index (χ2v) is 6.06. The molecular weight excluding hydrogens is 244 g/mol. The first-order chi connectivity index (χ1) is 8.78. The van der Waals surface area contributed by atoms with Crippen LogP contribution in [0.15, 0.2) is 18.2 Å². The van der Waals surface area contributed by atoms with Crippen LogP contribution in [-0.4, -0.2) is 24.2 Å². The van der Waals surface area contributed by atoms with Gasteiger partial charge >= 0.3 is 0 Å². The molecule has 0 amide bonds. The Kier molecular flexibility index (Phi) is 5.05. The quantitative estimate of drug-likeness (QED) is 0.775. The van der Waals surface area contributed by atoms with Crippen molar-refractivity contribution in [2.24, 2.45) is 0 Å². The molecule has 1 unspecified atom stereocenters. The molecule has 0 aliphatic carbocycles. The summed E-state index contributed by atoms with van der Waals surface area (Å²) in [5.41, 5.74) is 7.71. The van der Waals surface area contributed by atoms with E-state index in [1.807, 2.05) is 18.2 Å². The summed E-state index contributed by atoms with van der Waals surface area (Å²) in [4.78, 5) is 0. The number of nitrogens with one attached hydrogen (secondary N) is 1. The Morgan fingerprint density at radius 1 is 1.44 bits per heavy atom. The van der Waals surface area contributed by atoms with Crippen molar-refractivity contribution >= 4 is 23.1 Å². The summed E-state index contributed by atoms with van der Waals surface area (Å²) in [6.07, 6.45) is 3.67. The standard InChI is InChI=1S/C14H22N2OS/c1-2-5-17-13-8-11(15)7-12(9-13)16-10-14-4-3-6-18-14/h7-9,14,16H,2-6,10,15H2,1H3. The molecule has 0 aromatic heterocycles. The Morgan fingerprint density at radius 3 is 3.06 bits per heavy atom. The highest BCUT2D eigenvalue weighted by Crippen LogP contribution is 2.27. The molecule has 1 saturated heterocycles. The van der Waals surface area contributed by atoms with Gasteiger partial charge in [-0.05, 0) is 31.1 Å². The lowest BCUT2D eigenvalue weighted by atomic mass is 10.2. The van der Waals surface area contributed by atoms with Crippen molar-refractivity contribution in [3.05, 3.63) is 18.2 Å². The maximum absolute atomic E-state index is 5.89. The smallest absolute Gasteiger partial charge is 0.123 e. The molecule has 18 heavy (non-hydrogen) atoms. The first-order valence-corrected chi connectivity index (χ1v) is 7.71. The van der Waals surface area contributed by atoms with Gasteiger partial charge in [0.25, 0.3) is 0 Å². The van der Waals surface area contributed by atoms with Crippen LogP contribution >= 0.6 is 11.8 Å². The topological polar surface area (TPSA) is 47.3 Å². The van der Waals surface area contributed by atoms with Crippen LogP contribution in [0.2, 0.25) is 0 Å². The van der Waals surface area contributed by atoms with Gasteiger partial charge in [-0.3, -0.25) is 0 Å². The normalized spacial score (nSPS) is 18.8. The predicted octanol–water partition coefficient (Wildman–Crippen LogP) is 3.37. The number of anilines is 2. The average molecular weight is 266 g/mol. The molecule has 0 radical (unpaired) electrons. The monoisotopic (exact) mass is 266 g/mol. The van der Waals surface area contributed by atoms with Gasteiger partial charge in [0.15, 0.2) is 0 Å². The SMILES string of the molecule is CCCOc1cc(N)cc(NCC2CCCS2)c1. The van der Waals surface area contributed by atoms with E-state index in [2.05, 4.69) is 24.0 Å². The molecule has 1 fully saturated rings. The van der Waals surface area contributed by atoms with Crippen LogP contribution < -0.4 is 15.8 Å². The van der Waals surface area contributed by atoms with Gasteiger partial charge in [-0.2, -0.15) is 11.8 Å². The Morgan fingerprint density at radius 2 is 2.33 bits per heavy atom. The molecule has 1 aromatic rings. The van der Waals surface area contributed by atoms with Crippen molar-refractivity contribution < 1.29 is 4.74 Å². The number of nitrogen functional groups attached to an aromatic ring is 1. The van der Waals surface area contributed by atoms with E-state index in [-0.39, 0.29) is 0 Å². The first-order valence-electron chi connectivity index (χ1n) is 6.67. The predicted molar refractivity (Wildman–Crippen MR) is 80.6 cm³/mol. The lowest BCUT2D eigenvalue weighted by Gasteiger charge is -2.13. The van der Waals surface area contributed by atoms with E-state index in [1.165, 1.54) is 18.6 Å². The largest absolute Gasteiger partial charge is 0.493 e. The molecule has 2 rings (SSSR count). The number of thioether (sulfide) groups is 1. The fraction of sp³-hybridized carbons (Fsp3) is 0.571. The summed E-state index contributed by atoms with van der Waals surface area (Å²) >= 11 is 2.06. The average Bonchev–Trinajstić information content (AvgIpc) is 2.86. The Hall–Kier alpha value is -1.03. The summed E-state index contributed by atoms with van der Waals surface area (Å²) in [6, 6.07) is 5.88. The third kappa shape index (κ3) is 4.02. The van der Waals surface area contributed by atoms with Crippen LogP contribution in [-0.2, 0) is 0 Å². The minimum absolute atomic E-state index is 0.737.